The second kappa shape index (κ2) is 12.0. The fraction of sp³-hybridized carbons (Fsp3) is 0.250. The molecule has 8 nitrogen and oxygen atoms in total. The number of hydrogen-bond acceptors (Lipinski definition) is 5. The van der Waals surface area contributed by atoms with Crippen molar-refractivity contribution >= 4 is 34.9 Å². The summed E-state index contributed by atoms with van der Waals surface area (Å²) in [6.45, 7) is -0.165. The van der Waals surface area contributed by atoms with Crippen molar-refractivity contribution in [1.29, 1.82) is 0 Å². The molecule has 1 aliphatic carbocycles. The number of carbonyl (C=O) groups is 4. The largest absolute Gasteiger partial charge is 0.497 e. The third-order valence-electron chi connectivity index (χ3n) is 7.41. The number of fused-ring (bicyclic) bond motifs is 1. The van der Waals surface area contributed by atoms with E-state index < -0.39 is 23.6 Å². The Hall–Kier alpha value is -4.72. The summed E-state index contributed by atoms with van der Waals surface area (Å²) in [6, 6.07) is 22.3. The van der Waals surface area contributed by atoms with Gasteiger partial charge in [0.2, 0.25) is 11.8 Å². The van der Waals surface area contributed by atoms with Gasteiger partial charge in [0.1, 0.15) is 18.3 Å². The molecule has 5 rings (SSSR count). The van der Waals surface area contributed by atoms with E-state index in [2.05, 4.69) is 11.4 Å². The molecule has 0 aromatic heterocycles. The van der Waals surface area contributed by atoms with E-state index in [0.29, 0.717) is 23.5 Å². The normalized spacial score (nSPS) is 16.8. The predicted octanol–water partition coefficient (Wildman–Crippen LogP) is 4.62. The van der Waals surface area contributed by atoms with Gasteiger partial charge in [0.15, 0.2) is 0 Å². The second-order valence-corrected chi connectivity index (χ2v) is 9.95. The number of carbonyl (C=O) groups excluding carboxylic acids is 4. The Balaban J connectivity index is 1.48. The molecule has 0 fully saturated rings. The summed E-state index contributed by atoms with van der Waals surface area (Å²) in [5.74, 6) is -1.56. The third kappa shape index (κ3) is 5.66. The van der Waals surface area contributed by atoms with Crippen LogP contribution in [0.15, 0.2) is 91.0 Å². The van der Waals surface area contributed by atoms with Crippen molar-refractivity contribution in [3.8, 4) is 5.75 Å². The van der Waals surface area contributed by atoms with Crippen LogP contribution in [0.1, 0.15) is 35.2 Å². The first kappa shape index (κ1) is 26.9. The van der Waals surface area contributed by atoms with Gasteiger partial charge >= 0.3 is 0 Å². The Morgan fingerprint density at radius 2 is 1.70 bits per heavy atom. The van der Waals surface area contributed by atoms with E-state index in [9.17, 15) is 19.2 Å². The molecule has 2 atom stereocenters. The van der Waals surface area contributed by atoms with Crippen LogP contribution in [0.4, 0.5) is 11.4 Å². The summed E-state index contributed by atoms with van der Waals surface area (Å²) < 4.78 is 5.23. The van der Waals surface area contributed by atoms with E-state index in [1.165, 1.54) is 4.90 Å². The van der Waals surface area contributed by atoms with Gasteiger partial charge in [-0.1, -0.05) is 54.6 Å². The number of ether oxygens (including phenoxy) is 1. The van der Waals surface area contributed by atoms with Gasteiger partial charge in [-0.25, -0.2) is 0 Å². The molecule has 204 valence electrons. The van der Waals surface area contributed by atoms with Crippen LogP contribution in [0.2, 0.25) is 0 Å². The van der Waals surface area contributed by atoms with Crippen molar-refractivity contribution in [3.05, 3.63) is 102 Å². The maximum absolute atomic E-state index is 14.1. The first-order valence-electron chi connectivity index (χ1n) is 13.3. The molecule has 8 heteroatoms. The number of anilines is 2. The number of methoxy groups -OCH3 is 1. The lowest BCUT2D eigenvalue weighted by molar-refractivity contribution is -0.140. The number of benzene rings is 3. The third-order valence-corrected chi connectivity index (χ3v) is 7.41. The van der Waals surface area contributed by atoms with E-state index in [1.54, 1.807) is 60.5 Å². The van der Waals surface area contributed by atoms with Crippen molar-refractivity contribution in [2.75, 3.05) is 23.9 Å². The van der Waals surface area contributed by atoms with Crippen LogP contribution in [0.5, 0.6) is 5.75 Å². The highest BCUT2D eigenvalue weighted by atomic mass is 16.5. The Labute approximate surface area is 233 Å². The zero-order valence-electron chi connectivity index (χ0n) is 22.3. The minimum atomic E-state index is -0.802. The molecule has 0 spiro atoms. The molecule has 1 heterocycles. The SMILES string of the molecule is COc1ccc(NC(=O)[C@H]([C@@H]2CC=CCC2)N(Cc2ccccc2)C(=O)CN2C(=O)C(=O)c3ccccc32)cc1. The highest BCUT2D eigenvalue weighted by Crippen LogP contribution is 2.31. The van der Waals surface area contributed by atoms with Gasteiger partial charge < -0.3 is 15.0 Å². The van der Waals surface area contributed by atoms with E-state index in [-0.39, 0.29) is 30.5 Å². The maximum atomic E-state index is 14.1. The molecule has 0 bridgehead atoms. The highest BCUT2D eigenvalue weighted by Gasteiger charge is 2.41. The highest BCUT2D eigenvalue weighted by molar-refractivity contribution is 6.52. The number of para-hydroxylation sites is 1. The van der Waals surface area contributed by atoms with Crippen molar-refractivity contribution in [3.63, 3.8) is 0 Å². The molecule has 3 aromatic carbocycles. The van der Waals surface area contributed by atoms with E-state index >= 15 is 0 Å². The zero-order chi connectivity index (χ0) is 28.1. The minimum Gasteiger partial charge on any atom is -0.497 e. The number of allylic oxidation sites excluding steroid dienone is 2. The Bertz CT molecular complexity index is 1430. The summed E-state index contributed by atoms with van der Waals surface area (Å²) in [5.41, 5.74) is 2.13. The van der Waals surface area contributed by atoms with Gasteiger partial charge in [-0.2, -0.15) is 0 Å². The van der Waals surface area contributed by atoms with Gasteiger partial charge in [0.05, 0.1) is 18.4 Å². The average molecular weight is 538 g/mol. The van der Waals surface area contributed by atoms with Gasteiger partial charge in [-0.3, -0.25) is 24.1 Å². The summed E-state index contributed by atoms with van der Waals surface area (Å²) in [5, 5.41) is 2.99. The number of ketones is 1. The van der Waals surface area contributed by atoms with Gasteiger partial charge in [0, 0.05) is 12.2 Å². The molecule has 1 aliphatic heterocycles. The molecule has 0 unspecified atom stereocenters. The molecule has 3 amide bonds. The lowest BCUT2D eigenvalue weighted by Gasteiger charge is -2.37. The zero-order valence-corrected chi connectivity index (χ0v) is 22.3. The minimum absolute atomic E-state index is 0.126. The molecule has 0 saturated carbocycles. The molecule has 2 aliphatic rings. The molecule has 0 saturated heterocycles. The Morgan fingerprint density at radius 3 is 2.40 bits per heavy atom. The van der Waals surface area contributed by atoms with Crippen molar-refractivity contribution in [1.82, 2.24) is 4.90 Å². The summed E-state index contributed by atoms with van der Waals surface area (Å²) in [7, 11) is 1.57. The van der Waals surface area contributed by atoms with Crippen LogP contribution in [0.25, 0.3) is 0 Å². The molecule has 3 aromatic rings. The number of hydrogen-bond donors (Lipinski definition) is 1. The fourth-order valence-electron chi connectivity index (χ4n) is 5.36. The van der Waals surface area contributed by atoms with Crippen LogP contribution in [0, 0.1) is 5.92 Å². The van der Waals surface area contributed by atoms with Gasteiger partial charge in [-0.05, 0) is 67.1 Å². The number of rotatable bonds is 9. The number of nitrogens with zero attached hydrogens (tertiary/aromatic N) is 2. The first-order chi connectivity index (χ1) is 19.5. The Morgan fingerprint density at radius 1 is 0.975 bits per heavy atom. The van der Waals surface area contributed by atoms with Crippen LogP contribution >= 0.6 is 0 Å². The first-order valence-corrected chi connectivity index (χ1v) is 13.3. The maximum Gasteiger partial charge on any atom is 0.299 e. The lowest BCUT2D eigenvalue weighted by Crippen LogP contribution is -2.54. The quantitative estimate of drug-likeness (QED) is 0.318. The second-order valence-electron chi connectivity index (χ2n) is 9.95. The molecule has 0 radical (unpaired) electrons. The summed E-state index contributed by atoms with van der Waals surface area (Å²) >= 11 is 0. The van der Waals surface area contributed by atoms with Gasteiger partial charge in [-0.15, -0.1) is 0 Å². The van der Waals surface area contributed by atoms with Crippen LogP contribution < -0.4 is 15.0 Å². The van der Waals surface area contributed by atoms with Crippen LogP contribution in [-0.2, 0) is 20.9 Å². The summed E-state index contributed by atoms with van der Waals surface area (Å²) in [6.07, 6.45) is 6.31. The van der Waals surface area contributed by atoms with E-state index in [4.69, 9.17) is 4.74 Å². The smallest absolute Gasteiger partial charge is 0.299 e. The molecular formula is C32H31N3O5. The number of amides is 3. The summed E-state index contributed by atoms with van der Waals surface area (Å²) in [4.78, 5) is 56.3. The van der Waals surface area contributed by atoms with Gasteiger partial charge in [0.25, 0.3) is 11.7 Å². The predicted molar refractivity (Wildman–Crippen MR) is 152 cm³/mol. The van der Waals surface area contributed by atoms with Crippen molar-refractivity contribution in [2.45, 2.75) is 31.8 Å². The molecule has 40 heavy (non-hydrogen) atoms. The van der Waals surface area contributed by atoms with Crippen molar-refractivity contribution < 1.29 is 23.9 Å². The number of Topliss-reactive ketones (excluding diaryl/α,β-unsaturated/α-hetero) is 1. The van der Waals surface area contributed by atoms with E-state index in [1.807, 2.05) is 36.4 Å². The molecular weight excluding hydrogens is 506 g/mol. The fourth-order valence-corrected chi connectivity index (χ4v) is 5.36. The van der Waals surface area contributed by atoms with Crippen LogP contribution in [0.3, 0.4) is 0 Å². The van der Waals surface area contributed by atoms with Crippen molar-refractivity contribution in [2.24, 2.45) is 5.92 Å². The van der Waals surface area contributed by atoms with E-state index in [0.717, 1.165) is 18.4 Å². The average Bonchev–Trinajstić information content (AvgIpc) is 3.23. The standard InChI is InChI=1S/C32H31N3O5/c1-40-25-18-16-24(17-19-25)33-31(38)29(23-12-6-3-7-13-23)35(20-22-10-4-2-5-11-22)28(36)21-34-27-15-9-8-14-26(27)30(37)32(34)39/h2-6,8-11,14-19,23,29H,7,12-13,20-21H2,1H3,(H,33,38)/t23-,29+/m1/s1. The molecule has 1 N–H and O–H groups in total. The monoisotopic (exact) mass is 537 g/mol. The van der Waals surface area contributed by atoms with Crippen LogP contribution in [-0.4, -0.2) is 48.1 Å². The topological polar surface area (TPSA) is 96.0 Å². The lowest BCUT2D eigenvalue weighted by atomic mass is 9.85. The Kier molecular flexibility index (Phi) is 8.05. The number of nitrogens with one attached hydrogen (secondary N) is 1.